The zero-order chi connectivity index (χ0) is 22.4. The number of ketones is 1. The Labute approximate surface area is 183 Å². The zero-order valence-corrected chi connectivity index (χ0v) is 17.5. The summed E-state index contributed by atoms with van der Waals surface area (Å²) in [6.07, 6.45) is 0. The largest absolute Gasteiger partial charge is 0.450 e. The fraction of sp³-hybridized carbons (Fsp3) is 0.0769. The van der Waals surface area contributed by atoms with Crippen molar-refractivity contribution in [2.75, 3.05) is 5.32 Å². The third-order valence-electron chi connectivity index (χ3n) is 5.59. The van der Waals surface area contributed by atoms with Gasteiger partial charge in [0, 0.05) is 23.4 Å². The first-order valence-electron chi connectivity index (χ1n) is 10.1. The fourth-order valence-electron chi connectivity index (χ4n) is 3.86. The number of nitrogens with zero attached hydrogens (tertiary/aromatic N) is 1. The molecule has 0 bridgehead atoms. The van der Waals surface area contributed by atoms with Crippen molar-refractivity contribution < 1.29 is 18.4 Å². The summed E-state index contributed by atoms with van der Waals surface area (Å²) in [6, 6.07) is 20.4. The molecule has 0 aliphatic carbocycles. The first-order chi connectivity index (χ1) is 15.4. The molecule has 158 valence electrons. The fourth-order valence-corrected chi connectivity index (χ4v) is 3.86. The lowest BCUT2D eigenvalue weighted by Crippen LogP contribution is -2.17. The number of halogens is 1. The molecule has 0 radical (unpaired) electrons. The molecule has 0 saturated carbocycles. The van der Waals surface area contributed by atoms with E-state index < -0.39 is 5.91 Å². The van der Waals surface area contributed by atoms with E-state index in [1.165, 1.54) is 12.1 Å². The number of benzene rings is 3. The van der Waals surface area contributed by atoms with Gasteiger partial charge in [-0.1, -0.05) is 42.0 Å². The van der Waals surface area contributed by atoms with Crippen molar-refractivity contribution in [1.82, 2.24) is 4.57 Å². The summed E-state index contributed by atoms with van der Waals surface area (Å²) < 4.78 is 21.2. The van der Waals surface area contributed by atoms with Crippen molar-refractivity contribution in [3.63, 3.8) is 0 Å². The highest BCUT2D eigenvalue weighted by atomic mass is 19.1. The van der Waals surface area contributed by atoms with Crippen LogP contribution in [0.25, 0.3) is 21.9 Å². The SMILES string of the molecule is Cc1ccc(C(=O)c2oc3ccccc3c2NC(=O)c2cc3ccc(F)cc3n2C)cc1. The van der Waals surface area contributed by atoms with E-state index in [1.54, 1.807) is 54.1 Å². The van der Waals surface area contributed by atoms with Crippen LogP contribution in [0, 0.1) is 12.7 Å². The smallest absolute Gasteiger partial charge is 0.272 e. The molecule has 3 aromatic carbocycles. The van der Waals surface area contributed by atoms with Crippen molar-refractivity contribution >= 4 is 39.2 Å². The van der Waals surface area contributed by atoms with Crippen LogP contribution in [0.3, 0.4) is 0 Å². The van der Waals surface area contributed by atoms with E-state index >= 15 is 0 Å². The first kappa shape index (κ1) is 19.8. The Morgan fingerprint density at radius 2 is 1.72 bits per heavy atom. The normalized spacial score (nSPS) is 11.2. The summed E-state index contributed by atoms with van der Waals surface area (Å²) in [5, 5.41) is 4.23. The quantitative estimate of drug-likeness (QED) is 0.366. The van der Waals surface area contributed by atoms with Crippen LogP contribution >= 0.6 is 0 Å². The van der Waals surface area contributed by atoms with Gasteiger partial charge in [0.2, 0.25) is 5.78 Å². The predicted octanol–water partition coefficient (Wildman–Crippen LogP) is 5.86. The summed E-state index contributed by atoms with van der Waals surface area (Å²) in [6.45, 7) is 1.94. The molecule has 0 aliphatic heterocycles. The number of aryl methyl sites for hydroxylation is 2. The molecule has 0 fully saturated rings. The van der Waals surface area contributed by atoms with Gasteiger partial charge >= 0.3 is 0 Å². The van der Waals surface area contributed by atoms with Crippen molar-refractivity contribution in [3.05, 3.63) is 101 Å². The van der Waals surface area contributed by atoms with Crippen LogP contribution in [0.1, 0.15) is 32.2 Å². The predicted molar refractivity (Wildman–Crippen MR) is 122 cm³/mol. The molecular formula is C26H19FN2O3. The Bertz CT molecular complexity index is 1510. The van der Waals surface area contributed by atoms with E-state index in [0.29, 0.717) is 33.4 Å². The second kappa shape index (κ2) is 7.50. The van der Waals surface area contributed by atoms with Gasteiger partial charge in [0.1, 0.15) is 17.1 Å². The molecular weight excluding hydrogens is 407 g/mol. The summed E-state index contributed by atoms with van der Waals surface area (Å²) >= 11 is 0. The standard InChI is InChI=1S/C26H19FN2O3/c1-15-7-9-16(10-8-15)24(30)25-23(19-5-3-4-6-22(19)32-25)28-26(31)21-13-17-11-12-18(27)14-20(17)29(21)2/h3-14H,1-2H3,(H,28,31). The van der Waals surface area contributed by atoms with Crippen molar-refractivity contribution in [3.8, 4) is 0 Å². The molecule has 6 heteroatoms. The van der Waals surface area contributed by atoms with Gasteiger partial charge in [0.05, 0.1) is 11.2 Å². The van der Waals surface area contributed by atoms with Gasteiger partial charge < -0.3 is 14.3 Å². The van der Waals surface area contributed by atoms with Gasteiger partial charge in [-0.3, -0.25) is 9.59 Å². The summed E-state index contributed by atoms with van der Waals surface area (Å²) in [4.78, 5) is 26.4. The molecule has 2 aromatic heterocycles. The molecule has 5 nitrogen and oxygen atoms in total. The van der Waals surface area contributed by atoms with E-state index in [4.69, 9.17) is 4.42 Å². The molecule has 0 aliphatic rings. The highest BCUT2D eigenvalue weighted by molar-refractivity contribution is 6.19. The molecule has 1 N–H and O–H groups in total. The van der Waals surface area contributed by atoms with Gasteiger partial charge in [0.15, 0.2) is 5.76 Å². The Morgan fingerprint density at radius 3 is 2.50 bits per heavy atom. The van der Waals surface area contributed by atoms with Crippen LogP contribution in [-0.4, -0.2) is 16.3 Å². The Balaban J connectivity index is 1.59. The van der Waals surface area contributed by atoms with Gasteiger partial charge in [0.25, 0.3) is 5.91 Å². The number of hydrogen-bond donors (Lipinski definition) is 1. The molecule has 0 unspecified atom stereocenters. The maximum absolute atomic E-state index is 13.7. The first-order valence-corrected chi connectivity index (χ1v) is 10.1. The lowest BCUT2D eigenvalue weighted by Gasteiger charge is -2.08. The van der Waals surface area contributed by atoms with E-state index in [2.05, 4.69) is 5.32 Å². The minimum atomic E-state index is -0.423. The Kier molecular flexibility index (Phi) is 4.63. The average Bonchev–Trinajstić information content (AvgIpc) is 3.32. The zero-order valence-electron chi connectivity index (χ0n) is 17.5. The second-order valence-electron chi connectivity index (χ2n) is 7.74. The van der Waals surface area contributed by atoms with E-state index in [9.17, 15) is 14.0 Å². The van der Waals surface area contributed by atoms with Gasteiger partial charge in [-0.05, 0) is 43.3 Å². The number of nitrogens with one attached hydrogen (secondary N) is 1. The monoisotopic (exact) mass is 426 g/mol. The number of anilines is 1. The van der Waals surface area contributed by atoms with Crippen LogP contribution < -0.4 is 5.32 Å². The van der Waals surface area contributed by atoms with E-state index in [0.717, 1.165) is 10.9 Å². The summed E-state index contributed by atoms with van der Waals surface area (Å²) in [7, 11) is 1.70. The van der Waals surface area contributed by atoms with Gasteiger partial charge in [-0.2, -0.15) is 0 Å². The molecule has 0 atom stereocenters. The summed E-state index contributed by atoms with van der Waals surface area (Å²) in [5.74, 6) is -1.06. The molecule has 5 rings (SSSR count). The van der Waals surface area contributed by atoms with E-state index in [-0.39, 0.29) is 17.4 Å². The van der Waals surface area contributed by atoms with Crippen LogP contribution in [0.2, 0.25) is 0 Å². The third kappa shape index (κ3) is 3.26. The molecule has 1 amide bonds. The Hall–Kier alpha value is -4.19. The second-order valence-corrected chi connectivity index (χ2v) is 7.74. The molecule has 2 heterocycles. The number of aromatic nitrogens is 1. The topological polar surface area (TPSA) is 64.2 Å². The van der Waals surface area contributed by atoms with Crippen LogP contribution in [0.5, 0.6) is 0 Å². The number of rotatable bonds is 4. The lowest BCUT2D eigenvalue weighted by molar-refractivity contribution is 0.101. The maximum atomic E-state index is 13.7. The van der Waals surface area contributed by atoms with Crippen LogP contribution in [0.15, 0.2) is 77.2 Å². The number of amides is 1. The highest BCUT2D eigenvalue weighted by Crippen LogP contribution is 2.33. The van der Waals surface area contributed by atoms with Gasteiger partial charge in [-0.25, -0.2) is 4.39 Å². The minimum Gasteiger partial charge on any atom is -0.450 e. The number of fused-ring (bicyclic) bond motifs is 2. The Morgan fingerprint density at radius 1 is 0.969 bits per heavy atom. The number of para-hydroxylation sites is 1. The van der Waals surface area contributed by atoms with Crippen LogP contribution in [-0.2, 0) is 7.05 Å². The maximum Gasteiger partial charge on any atom is 0.272 e. The molecule has 32 heavy (non-hydrogen) atoms. The van der Waals surface area contributed by atoms with Crippen molar-refractivity contribution in [2.24, 2.45) is 7.05 Å². The highest BCUT2D eigenvalue weighted by Gasteiger charge is 2.25. The number of carbonyl (C=O) groups excluding carboxylic acids is 2. The van der Waals surface area contributed by atoms with Gasteiger partial charge in [-0.15, -0.1) is 0 Å². The molecule has 0 saturated heterocycles. The van der Waals surface area contributed by atoms with Crippen molar-refractivity contribution in [2.45, 2.75) is 6.92 Å². The number of carbonyl (C=O) groups is 2. The third-order valence-corrected chi connectivity index (χ3v) is 5.59. The summed E-state index contributed by atoms with van der Waals surface area (Å²) in [5.41, 5.74) is 3.25. The van der Waals surface area contributed by atoms with E-state index in [1.807, 2.05) is 25.1 Å². The molecule has 5 aromatic rings. The molecule has 0 spiro atoms. The number of furan rings is 1. The number of hydrogen-bond acceptors (Lipinski definition) is 3. The van der Waals surface area contributed by atoms with Crippen LogP contribution in [0.4, 0.5) is 10.1 Å². The van der Waals surface area contributed by atoms with Crippen molar-refractivity contribution in [1.29, 1.82) is 0 Å². The minimum absolute atomic E-state index is 0.0632. The average molecular weight is 426 g/mol. The lowest BCUT2D eigenvalue weighted by atomic mass is 10.1.